The summed E-state index contributed by atoms with van der Waals surface area (Å²) in [6.45, 7) is 14.4. The van der Waals surface area contributed by atoms with Crippen molar-refractivity contribution < 1.29 is 0 Å². The smallest absolute Gasteiger partial charge is 0.0221 e. The lowest BCUT2D eigenvalue weighted by molar-refractivity contribution is 0.422. The molecule has 1 aromatic rings. The molecular weight excluding hydrogens is 250 g/mol. The minimum atomic E-state index is 0.170. The van der Waals surface area contributed by atoms with Crippen molar-refractivity contribution in [2.45, 2.75) is 64.9 Å². The Morgan fingerprint density at radius 2 is 1.89 bits per heavy atom. The summed E-state index contributed by atoms with van der Waals surface area (Å²) in [5, 5.41) is 3.59. The molecule has 0 amide bonds. The Labute approximate surface area is 123 Å². The van der Waals surface area contributed by atoms with E-state index in [1.54, 1.807) is 0 Å². The van der Waals surface area contributed by atoms with Gasteiger partial charge in [-0.15, -0.1) is 11.8 Å². The molecule has 0 unspecified atom stereocenters. The van der Waals surface area contributed by atoms with Gasteiger partial charge in [0.25, 0.3) is 0 Å². The van der Waals surface area contributed by atoms with Crippen molar-refractivity contribution >= 4 is 11.8 Å². The van der Waals surface area contributed by atoms with Gasteiger partial charge in [-0.3, -0.25) is 0 Å². The lowest BCUT2D eigenvalue weighted by Crippen LogP contribution is -2.35. The van der Waals surface area contributed by atoms with Gasteiger partial charge in [0.1, 0.15) is 0 Å². The molecule has 1 aromatic carbocycles. The third-order valence-electron chi connectivity index (χ3n) is 2.98. The van der Waals surface area contributed by atoms with Crippen LogP contribution < -0.4 is 5.32 Å². The number of thioether (sulfide) groups is 1. The maximum absolute atomic E-state index is 3.59. The summed E-state index contributed by atoms with van der Waals surface area (Å²) in [4.78, 5) is 1.43. The van der Waals surface area contributed by atoms with Crippen LogP contribution in [-0.4, -0.2) is 11.3 Å². The number of aryl methyl sites for hydroxylation is 1. The van der Waals surface area contributed by atoms with Crippen molar-refractivity contribution in [2.24, 2.45) is 5.92 Å². The number of benzene rings is 1. The quantitative estimate of drug-likeness (QED) is 0.734. The monoisotopic (exact) mass is 279 g/mol. The van der Waals surface area contributed by atoms with Crippen LogP contribution in [0, 0.1) is 12.8 Å². The van der Waals surface area contributed by atoms with Gasteiger partial charge in [0.2, 0.25) is 0 Å². The van der Waals surface area contributed by atoms with E-state index in [9.17, 15) is 0 Å². The molecule has 1 rings (SSSR count). The first-order chi connectivity index (χ1) is 8.78. The Balaban J connectivity index is 2.68. The Hall–Kier alpha value is -0.470. The van der Waals surface area contributed by atoms with Crippen molar-refractivity contribution in [3.8, 4) is 0 Å². The van der Waals surface area contributed by atoms with E-state index < -0.39 is 0 Å². The molecule has 1 N–H and O–H groups in total. The van der Waals surface area contributed by atoms with Crippen LogP contribution in [0.1, 0.15) is 52.2 Å². The van der Waals surface area contributed by atoms with Crippen molar-refractivity contribution in [3.63, 3.8) is 0 Å². The van der Waals surface area contributed by atoms with Gasteiger partial charge in [-0.05, 0) is 57.4 Å². The highest BCUT2D eigenvalue weighted by Crippen LogP contribution is 2.26. The van der Waals surface area contributed by atoms with Crippen LogP contribution in [0.2, 0.25) is 0 Å². The number of hydrogen-bond donors (Lipinski definition) is 1. The summed E-state index contributed by atoms with van der Waals surface area (Å²) in [5.41, 5.74) is 2.95. The molecule has 0 bridgehead atoms. The molecule has 2 heteroatoms. The summed E-state index contributed by atoms with van der Waals surface area (Å²) in [6, 6.07) is 6.81. The average molecular weight is 279 g/mol. The van der Waals surface area contributed by atoms with Crippen molar-refractivity contribution in [1.82, 2.24) is 5.32 Å². The van der Waals surface area contributed by atoms with E-state index in [1.807, 2.05) is 11.8 Å². The fourth-order valence-corrected chi connectivity index (χ4v) is 3.04. The van der Waals surface area contributed by atoms with Gasteiger partial charge in [-0.1, -0.05) is 31.5 Å². The molecule has 0 saturated carbocycles. The lowest BCUT2D eigenvalue weighted by atomic mass is 10.1. The molecule has 0 spiro atoms. The highest BCUT2D eigenvalue weighted by atomic mass is 32.2. The third kappa shape index (κ3) is 7.03. The second kappa shape index (κ2) is 7.35. The largest absolute Gasteiger partial charge is 0.308 e. The number of hydrogen-bond acceptors (Lipinski definition) is 2. The third-order valence-corrected chi connectivity index (χ3v) is 4.13. The van der Waals surface area contributed by atoms with E-state index in [4.69, 9.17) is 0 Å². The predicted octanol–water partition coefficient (Wildman–Crippen LogP) is 5.02. The van der Waals surface area contributed by atoms with E-state index in [-0.39, 0.29) is 5.54 Å². The summed E-state index contributed by atoms with van der Waals surface area (Å²) in [6.07, 6.45) is 1.28. The van der Waals surface area contributed by atoms with E-state index in [1.165, 1.54) is 28.2 Å². The molecule has 0 aliphatic heterocycles. The first-order valence-electron chi connectivity index (χ1n) is 7.25. The summed E-state index contributed by atoms with van der Waals surface area (Å²) < 4.78 is 0. The van der Waals surface area contributed by atoms with Gasteiger partial charge in [0.15, 0.2) is 0 Å². The van der Waals surface area contributed by atoms with E-state index in [0.29, 0.717) is 0 Å². The average Bonchev–Trinajstić information content (AvgIpc) is 2.27. The zero-order chi connectivity index (χ0) is 14.5. The van der Waals surface area contributed by atoms with Crippen LogP contribution in [0.5, 0.6) is 0 Å². The second-order valence-electron chi connectivity index (χ2n) is 6.75. The fraction of sp³-hybridized carbons (Fsp3) is 0.647. The lowest BCUT2D eigenvalue weighted by Gasteiger charge is -2.22. The minimum Gasteiger partial charge on any atom is -0.308 e. The molecule has 0 heterocycles. The van der Waals surface area contributed by atoms with Crippen molar-refractivity contribution in [3.05, 3.63) is 29.3 Å². The molecule has 0 aromatic heterocycles. The zero-order valence-corrected chi connectivity index (χ0v) is 14.2. The van der Waals surface area contributed by atoms with E-state index >= 15 is 0 Å². The molecule has 0 aliphatic rings. The molecule has 0 saturated heterocycles. The van der Waals surface area contributed by atoms with Gasteiger partial charge in [0.05, 0.1) is 0 Å². The SMILES string of the molecule is Cc1ccc(SCCC(C)C)c(CNC(C)(C)C)c1. The van der Waals surface area contributed by atoms with Crippen molar-refractivity contribution in [2.75, 3.05) is 5.75 Å². The van der Waals surface area contributed by atoms with Crippen LogP contribution in [0.25, 0.3) is 0 Å². The van der Waals surface area contributed by atoms with Gasteiger partial charge in [-0.25, -0.2) is 0 Å². The Morgan fingerprint density at radius 1 is 1.21 bits per heavy atom. The number of rotatable bonds is 6. The molecule has 0 aliphatic carbocycles. The van der Waals surface area contributed by atoms with Crippen LogP contribution in [-0.2, 0) is 6.54 Å². The van der Waals surface area contributed by atoms with Crippen LogP contribution in [0.3, 0.4) is 0 Å². The molecule has 0 radical (unpaired) electrons. The highest BCUT2D eigenvalue weighted by Gasteiger charge is 2.11. The Morgan fingerprint density at radius 3 is 2.47 bits per heavy atom. The fourth-order valence-electron chi connectivity index (χ4n) is 1.75. The van der Waals surface area contributed by atoms with E-state index in [0.717, 1.165) is 12.5 Å². The predicted molar refractivity (Wildman–Crippen MR) is 88.0 cm³/mol. The Bertz CT molecular complexity index is 391. The highest BCUT2D eigenvalue weighted by molar-refractivity contribution is 7.99. The second-order valence-corrected chi connectivity index (χ2v) is 7.88. The van der Waals surface area contributed by atoms with Crippen LogP contribution >= 0.6 is 11.8 Å². The maximum Gasteiger partial charge on any atom is 0.0221 e. The summed E-state index contributed by atoms with van der Waals surface area (Å²) in [5.74, 6) is 2.00. The zero-order valence-electron chi connectivity index (χ0n) is 13.3. The number of nitrogens with one attached hydrogen (secondary N) is 1. The van der Waals surface area contributed by atoms with Crippen LogP contribution in [0.15, 0.2) is 23.1 Å². The molecule has 108 valence electrons. The normalized spacial score (nSPS) is 12.2. The van der Waals surface area contributed by atoms with Crippen LogP contribution in [0.4, 0.5) is 0 Å². The molecular formula is C17H29NS. The Kier molecular flexibility index (Phi) is 6.41. The first kappa shape index (κ1) is 16.6. The molecule has 19 heavy (non-hydrogen) atoms. The molecule has 0 fully saturated rings. The topological polar surface area (TPSA) is 12.0 Å². The van der Waals surface area contributed by atoms with E-state index in [2.05, 4.69) is 65.1 Å². The van der Waals surface area contributed by atoms with Gasteiger partial charge in [0, 0.05) is 17.0 Å². The first-order valence-corrected chi connectivity index (χ1v) is 8.24. The molecule has 1 nitrogen and oxygen atoms in total. The maximum atomic E-state index is 3.59. The van der Waals surface area contributed by atoms with Crippen molar-refractivity contribution in [1.29, 1.82) is 0 Å². The van der Waals surface area contributed by atoms with Gasteiger partial charge >= 0.3 is 0 Å². The molecule has 0 atom stereocenters. The minimum absolute atomic E-state index is 0.170. The summed E-state index contributed by atoms with van der Waals surface area (Å²) >= 11 is 1.99. The summed E-state index contributed by atoms with van der Waals surface area (Å²) in [7, 11) is 0. The standard InChI is InChI=1S/C17H29NS/c1-13(2)9-10-19-16-8-7-14(3)11-15(16)12-18-17(4,5)6/h7-8,11,13,18H,9-10,12H2,1-6H3. The van der Waals surface area contributed by atoms with Gasteiger partial charge < -0.3 is 5.32 Å². The van der Waals surface area contributed by atoms with Gasteiger partial charge in [-0.2, -0.15) is 0 Å².